The molecule has 0 bridgehead atoms. The maximum Gasteiger partial charge on any atom is 0.387 e. The second-order valence-electron chi connectivity index (χ2n) is 3.04. The average Bonchev–Trinajstić information content (AvgIpc) is 2.17. The Kier molecular flexibility index (Phi) is 4.67. The molecule has 0 saturated carbocycles. The Morgan fingerprint density at radius 3 is 2.81 bits per heavy atom. The van der Waals surface area contributed by atoms with Crippen LogP contribution in [0.1, 0.15) is 12.5 Å². The Balaban J connectivity index is 2.84. The van der Waals surface area contributed by atoms with Gasteiger partial charge in [-0.25, -0.2) is 0 Å². The van der Waals surface area contributed by atoms with Gasteiger partial charge in [-0.2, -0.15) is 8.78 Å². The fourth-order valence-electron chi connectivity index (χ4n) is 1.12. The molecule has 0 aliphatic heterocycles. The van der Waals surface area contributed by atoms with E-state index in [4.69, 9.17) is 0 Å². The zero-order valence-electron chi connectivity index (χ0n) is 8.47. The molecule has 16 heavy (non-hydrogen) atoms. The highest BCUT2D eigenvalue weighted by Crippen LogP contribution is 2.24. The second kappa shape index (κ2) is 5.79. The van der Waals surface area contributed by atoms with Gasteiger partial charge in [-0.15, -0.1) is 0 Å². The van der Waals surface area contributed by atoms with E-state index < -0.39 is 6.61 Å². The molecule has 0 aliphatic carbocycles. The van der Waals surface area contributed by atoms with Crippen molar-refractivity contribution in [3.63, 3.8) is 0 Å². The van der Waals surface area contributed by atoms with Crippen molar-refractivity contribution in [2.24, 2.45) is 0 Å². The fraction of sp³-hybridized carbons (Fsp3) is 0.300. The lowest BCUT2D eigenvalue weighted by molar-refractivity contribution is -0.119. The number of hydrogen-bond donors (Lipinski definition) is 1. The van der Waals surface area contributed by atoms with Gasteiger partial charge in [0, 0.05) is 23.5 Å². The van der Waals surface area contributed by atoms with Crippen LogP contribution in [0.15, 0.2) is 22.7 Å². The van der Waals surface area contributed by atoms with Crippen LogP contribution in [0.4, 0.5) is 8.78 Å². The first kappa shape index (κ1) is 12.9. The summed E-state index contributed by atoms with van der Waals surface area (Å²) in [6.45, 7) is -1.38. The number of rotatable bonds is 4. The summed E-state index contributed by atoms with van der Waals surface area (Å²) in [7, 11) is 0. The summed E-state index contributed by atoms with van der Waals surface area (Å²) in [5.74, 6) is -0.171. The van der Waals surface area contributed by atoms with Crippen molar-refractivity contribution in [3.8, 4) is 5.75 Å². The van der Waals surface area contributed by atoms with Crippen LogP contribution < -0.4 is 10.1 Å². The number of benzene rings is 1. The van der Waals surface area contributed by atoms with Crippen molar-refractivity contribution in [2.45, 2.75) is 20.1 Å². The van der Waals surface area contributed by atoms with Gasteiger partial charge >= 0.3 is 6.61 Å². The molecule has 0 atom stereocenters. The van der Waals surface area contributed by atoms with Gasteiger partial charge in [0.15, 0.2) is 0 Å². The minimum Gasteiger partial charge on any atom is -0.434 e. The van der Waals surface area contributed by atoms with Crippen LogP contribution in [-0.2, 0) is 11.3 Å². The molecule has 0 radical (unpaired) electrons. The smallest absolute Gasteiger partial charge is 0.387 e. The molecule has 1 aromatic carbocycles. The summed E-state index contributed by atoms with van der Waals surface area (Å²) < 4.78 is 29.2. The predicted molar refractivity (Wildman–Crippen MR) is 58.3 cm³/mol. The molecule has 0 fully saturated rings. The van der Waals surface area contributed by atoms with Crippen LogP contribution in [0.5, 0.6) is 5.75 Å². The summed E-state index contributed by atoms with van der Waals surface area (Å²) >= 11 is 3.21. The van der Waals surface area contributed by atoms with Crippen molar-refractivity contribution in [2.75, 3.05) is 0 Å². The summed E-state index contributed by atoms with van der Waals surface area (Å²) in [5.41, 5.74) is 0.491. The molecule has 0 aromatic heterocycles. The third kappa shape index (κ3) is 4.14. The van der Waals surface area contributed by atoms with Crippen molar-refractivity contribution >= 4 is 21.8 Å². The molecule has 1 rings (SSSR count). The van der Waals surface area contributed by atoms with Gasteiger partial charge in [-0.1, -0.05) is 15.9 Å². The number of halogens is 3. The van der Waals surface area contributed by atoms with Gasteiger partial charge in [-0.3, -0.25) is 4.79 Å². The Morgan fingerprint density at radius 2 is 2.25 bits per heavy atom. The molecule has 6 heteroatoms. The van der Waals surface area contributed by atoms with E-state index in [0.29, 0.717) is 5.56 Å². The van der Waals surface area contributed by atoms with Gasteiger partial charge < -0.3 is 10.1 Å². The van der Waals surface area contributed by atoms with E-state index in [1.807, 2.05) is 0 Å². The van der Waals surface area contributed by atoms with Crippen LogP contribution in [0.2, 0.25) is 0 Å². The summed E-state index contributed by atoms with van der Waals surface area (Å²) in [5, 5.41) is 2.52. The maximum absolute atomic E-state index is 12.1. The molecule has 1 aromatic rings. The standard InChI is InChI=1S/C10H10BrF2NO2/c1-6(15)14-5-7-4-8(11)2-3-9(7)16-10(12)13/h2-4,10H,5H2,1H3,(H,14,15). The first-order valence-corrected chi connectivity index (χ1v) is 5.26. The maximum atomic E-state index is 12.1. The molecule has 88 valence electrons. The molecule has 0 spiro atoms. The number of amides is 1. The predicted octanol–water partition coefficient (Wildman–Crippen LogP) is 2.69. The van der Waals surface area contributed by atoms with Gasteiger partial charge in [0.1, 0.15) is 5.75 Å². The number of carbonyl (C=O) groups is 1. The SMILES string of the molecule is CC(=O)NCc1cc(Br)ccc1OC(F)F. The summed E-state index contributed by atoms with van der Waals surface area (Å²) in [6.07, 6.45) is 0. The lowest BCUT2D eigenvalue weighted by Gasteiger charge is -2.11. The van der Waals surface area contributed by atoms with Gasteiger partial charge in [0.05, 0.1) is 0 Å². The molecule has 0 saturated heterocycles. The fourth-order valence-corrected chi connectivity index (χ4v) is 1.53. The molecule has 0 heterocycles. The number of nitrogens with one attached hydrogen (secondary N) is 1. The Bertz CT molecular complexity index is 385. The third-order valence-electron chi connectivity index (χ3n) is 1.77. The topological polar surface area (TPSA) is 38.3 Å². The molecular formula is C10H10BrF2NO2. The van der Waals surface area contributed by atoms with Crippen LogP contribution in [0.25, 0.3) is 0 Å². The average molecular weight is 294 g/mol. The number of ether oxygens (including phenoxy) is 1. The zero-order chi connectivity index (χ0) is 12.1. The summed E-state index contributed by atoms with van der Waals surface area (Å²) in [4.78, 5) is 10.7. The van der Waals surface area contributed by atoms with Crippen molar-refractivity contribution in [3.05, 3.63) is 28.2 Å². The second-order valence-corrected chi connectivity index (χ2v) is 3.96. The van der Waals surface area contributed by atoms with E-state index in [1.165, 1.54) is 13.0 Å². The normalized spacial score (nSPS) is 10.3. The Labute approximate surface area is 99.9 Å². The van der Waals surface area contributed by atoms with Gasteiger partial charge in [-0.05, 0) is 18.2 Å². The van der Waals surface area contributed by atoms with E-state index in [0.717, 1.165) is 4.47 Å². The molecule has 1 N–H and O–H groups in total. The Morgan fingerprint density at radius 1 is 1.56 bits per heavy atom. The number of hydrogen-bond acceptors (Lipinski definition) is 2. The molecular weight excluding hydrogens is 284 g/mol. The number of alkyl halides is 2. The van der Waals surface area contributed by atoms with E-state index in [9.17, 15) is 13.6 Å². The lowest BCUT2D eigenvalue weighted by atomic mass is 10.2. The van der Waals surface area contributed by atoms with E-state index >= 15 is 0 Å². The highest BCUT2D eigenvalue weighted by Gasteiger charge is 2.10. The van der Waals surface area contributed by atoms with Crippen molar-refractivity contribution in [1.29, 1.82) is 0 Å². The molecule has 1 amide bonds. The van der Waals surface area contributed by atoms with Crippen molar-refractivity contribution in [1.82, 2.24) is 5.32 Å². The number of carbonyl (C=O) groups excluding carboxylic acids is 1. The van der Waals surface area contributed by atoms with Gasteiger partial charge in [0.2, 0.25) is 5.91 Å². The minimum atomic E-state index is -2.88. The molecule has 0 unspecified atom stereocenters. The Hall–Kier alpha value is -1.17. The first-order valence-electron chi connectivity index (χ1n) is 4.46. The lowest BCUT2D eigenvalue weighted by Crippen LogP contribution is -2.19. The molecule has 0 aliphatic rings. The van der Waals surface area contributed by atoms with E-state index in [2.05, 4.69) is 26.0 Å². The van der Waals surface area contributed by atoms with Crippen molar-refractivity contribution < 1.29 is 18.3 Å². The van der Waals surface area contributed by atoms with Crippen LogP contribution >= 0.6 is 15.9 Å². The highest BCUT2D eigenvalue weighted by molar-refractivity contribution is 9.10. The monoisotopic (exact) mass is 293 g/mol. The zero-order valence-corrected chi connectivity index (χ0v) is 10.1. The van der Waals surface area contributed by atoms with Crippen LogP contribution in [0.3, 0.4) is 0 Å². The summed E-state index contributed by atoms with van der Waals surface area (Å²) in [6, 6.07) is 4.63. The largest absolute Gasteiger partial charge is 0.434 e. The van der Waals surface area contributed by atoms with E-state index in [1.54, 1.807) is 12.1 Å². The van der Waals surface area contributed by atoms with E-state index in [-0.39, 0.29) is 18.2 Å². The third-order valence-corrected chi connectivity index (χ3v) is 2.26. The highest BCUT2D eigenvalue weighted by atomic mass is 79.9. The quantitative estimate of drug-likeness (QED) is 0.927. The van der Waals surface area contributed by atoms with Gasteiger partial charge in [0.25, 0.3) is 0 Å². The molecule has 3 nitrogen and oxygen atoms in total. The first-order chi connectivity index (χ1) is 7.49. The van der Waals surface area contributed by atoms with Crippen LogP contribution in [-0.4, -0.2) is 12.5 Å². The van der Waals surface area contributed by atoms with Crippen LogP contribution in [0, 0.1) is 0 Å². The minimum absolute atomic E-state index is 0.0620.